The SMILES string of the molecule is CO/N=C/[C@]1(O)CC2CC[C@@H](C1)[C@H]2S(=O)(=O)c1cc(C(=O)Nc2cc(F)c(F)c(F)c2)ccc1Cl. The number of benzene rings is 2. The number of rotatable bonds is 6. The van der Waals surface area contributed by atoms with Crippen molar-refractivity contribution in [2.45, 2.75) is 41.4 Å². The van der Waals surface area contributed by atoms with Crippen molar-refractivity contribution in [3.63, 3.8) is 0 Å². The van der Waals surface area contributed by atoms with E-state index in [1.165, 1.54) is 25.5 Å². The van der Waals surface area contributed by atoms with Crippen LogP contribution in [0.3, 0.4) is 0 Å². The molecule has 2 aliphatic rings. The molecule has 188 valence electrons. The number of fused-ring (bicyclic) bond motifs is 2. The van der Waals surface area contributed by atoms with Crippen molar-refractivity contribution in [2.24, 2.45) is 17.0 Å². The standard InChI is InChI=1S/C23H22ClF3N2O5S/c1-34-28-11-23(31)9-13-2-3-14(10-23)21(13)35(32,33)19-6-12(4-5-16(19)24)22(30)29-15-7-17(25)20(27)18(26)8-15/h4-8,11,13-14,21,31H,2-3,9-10H2,1H3,(H,29,30)/b28-11+/t13-,14?,21+,23+/m0/s1. The van der Waals surface area contributed by atoms with Crippen LogP contribution in [0.25, 0.3) is 0 Å². The minimum atomic E-state index is -4.02. The van der Waals surface area contributed by atoms with E-state index < -0.39 is 44.0 Å². The summed E-state index contributed by atoms with van der Waals surface area (Å²) in [6.07, 6.45) is 2.84. The van der Waals surface area contributed by atoms with Crippen LogP contribution >= 0.6 is 11.6 Å². The average Bonchev–Trinajstić information content (AvgIpc) is 3.09. The van der Waals surface area contributed by atoms with Crippen LogP contribution < -0.4 is 5.32 Å². The first-order valence-corrected chi connectivity index (χ1v) is 12.7. The molecular formula is C23H22ClF3N2O5S. The monoisotopic (exact) mass is 530 g/mol. The Bertz CT molecular complexity index is 1270. The van der Waals surface area contributed by atoms with Crippen molar-refractivity contribution in [1.82, 2.24) is 0 Å². The van der Waals surface area contributed by atoms with Gasteiger partial charge in [-0.3, -0.25) is 4.79 Å². The van der Waals surface area contributed by atoms with Gasteiger partial charge in [0.05, 0.1) is 21.4 Å². The summed E-state index contributed by atoms with van der Waals surface area (Å²) in [5, 5.41) is 15.8. The molecule has 2 saturated carbocycles. The third-order valence-electron chi connectivity index (χ3n) is 6.57. The number of nitrogens with one attached hydrogen (secondary N) is 1. The van der Waals surface area contributed by atoms with Crippen LogP contribution in [0, 0.1) is 29.3 Å². The second-order valence-corrected chi connectivity index (χ2v) is 11.4. The van der Waals surface area contributed by atoms with E-state index in [0.29, 0.717) is 25.0 Å². The van der Waals surface area contributed by atoms with Gasteiger partial charge in [0, 0.05) is 23.4 Å². The largest absolute Gasteiger partial charge is 0.399 e. The van der Waals surface area contributed by atoms with E-state index in [9.17, 15) is 31.5 Å². The Morgan fingerprint density at radius 3 is 2.34 bits per heavy atom. The number of hydrogen-bond acceptors (Lipinski definition) is 6. The predicted octanol–water partition coefficient (Wildman–Crippen LogP) is 4.34. The molecule has 2 aromatic rings. The van der Waals surface area contributed by atoms with Crippen LogP contribution in [0.1, 0.15) is 36.0 Å². The highest BCUT2D eigenvalue weighted by molar-refractivity contribution is 7.92. The molecule has 2 N–H and O–H groups in total. The number of carbonyl (C=O) groups is 1. The normalized spacial score (nSPS) is 26.2. The van der Waals surface area contributed by atoms with E-state index in [2.05, 4.69) is 15.3 Å². The average molecular weight is 531 g/mol. The van der Waals surface area contributed by atoms with Gasteiger partial charge in [-0.2, -0.15) is 0 Å². The van der Waals surface area contributed by atoms with Gasteiger partial charge in [-0.05, 0) is 55.7 Å². The first kappa shape index (κ1) is 25.5. The zero-order valence-corrected chi connectivity index (χ0v) is 20.0. The molecule has 7 nitrogen and oxygen atoms in total. The summed E-state index contributed by atoms with van der Waals surface area (Å²) >= 11 is 6.23. The third kappa shape index (κ3) is 4.89. The molecule has 2 aromatic carbocycles. The van der Waals surface area contributed by atoms with Crippen molar-refractivity contribution in [1.29, 1.82) is 0 Å². The fourth-order valence-corrected chi connectivity index (χ4v) is 8.02. The van der Waals surface area contributed by atoms with Gasteiger partial charge in [0.25, 0.3) is 5.91 Å². The third-order valence-corrected chi connectivity index (χ3v) is 9.45. The minimum absolute atomic E-state index is 0.0819. The van der Waals surface area contributed by atoms with E-state index in [4.69, 9.17) is 11.6 Å². The molecule has 0 aliphatic heterocycles. The fraction of sp³-hybridized carbons (Fsp3) is 0.391. The lowest BCUT2D eigenvalue weighted by molar-refractivity contribution is 0.0441. The summed E-state index contributed by atoms with van der Waals surface area (Å²) in [7, 11) is -2.67. The summed E-state index contributed by atoms with van der Waals surface area (Å²) in [5.41, 5.74) is -1.74. The maximum absolute atomic E-state index is 13.7. The summed E-state index contributed by atoms with van der Waals surface area (Å²) in [6, 6.07) is 4.84. The van der Waals surface area contributed by atoms with Crippen molar-refractivity contribution in [3.05, 3.63) is 58.4 Å². The lowest BCUT2D eigenvalue weighted by Crippen LogP contribution is -2.47. The Labute approximate surface area is 204 Å². The van der Waals surface area contributed by atoms with Gasteiger partial charge in [-0.1, -0.05) is 16.8 Å². The maximum atomic E-state index is 13.7. The number of nitrogens with zero attached hydrogens (tertiary/aromatic N) is 1. The van der Waals surface area contributed by atoms with Gasteiger partial charge in [0.1, 0.15) is 12.7 Å². The molecule has 0 radical (unpaired) electrons. The second kappa shape index (κ2) is 9.44. The molecule has 0 aromatic heterocycles. The number of amides is 1. The Hall–Kier alpha value is -2.63. The van der Waals surface area contributed by atoms with E-state index in [1.54, 1.807) is 0 Å². The Kier molecular flexibility index (Phi) is 6.87. The number of hydrogen-bond donors (Lipinski definition) is 2. The van der Waals surface area contributed by atoms with Crippen LogP contribution in [0.4, 0.5) is 18.9 Å². The number of sulfone groups is 1. The summed E-state index contributed by atoms with van der Waals surface area (Å²) < 4.78 is 67.5. The lowest BCUT2D eigenvalue weighted by Gasteiger charge is -2.38. The molecule has 4 atom stereocenters. The van der Waals surface area contributed by atoms with Gasteiger partial charge < -0.3 is 15.3 Å². The molecule has 0 saturated heterocycles. The van der Waals surface area contributed by atoms with Crippen molar-refractivity contribution in [2.75, 3.05) is 12.4 Å². The molecule has 0 heterocycles. The molecular weight excluding hydrogens is 509 g/mol. The Morgan fingerprint density at radius 2 is 1.77 bits per heavy atom. The van der Waals surface area contributed by atoms with E-state index in [0.717, 1.165) is 6.07 Å². The molecule has 1 amide bonds. The molecule has 35 heavy (non-hydrogen) atoms. The predicted molar refractivity (Wildman–Crippen MR) is 123 cm³/mol. The highest BCUT2D eigenvalue weighted by Crippen LogP contribution is 2.51. The molecule has 0 spiro atoms. The Balaban J connectivity index is 1.61. The molecule has 4 rings (SSSR count). The topological polar surface area (TPSA) is 105 Å². The van der Waals surface area contributed by atoms with Crippen LogP contribution in [0.2, 0.25) is 5.02 Å². The summed E-state index contributed by atoms with van der Waals surface area (Å²) in [4.78, 5) is 17.1. The van der Waals surface area contributed by atoms with Crippen LogP contribution in [0.5, 0.6) is 0 Å². The number of halogens is 4. The molecule has 2 bridgehead atoms. The van der Waals surface area contributed by atoms with Gasteiger partial charge in [0.15, 0.2) is 27.3 Å². The number of carbonyl (C=O) groups excluding carboxylic acids is 1. The lowest BCUT2D eigenvalue weighted by atomic mass is 9.78. The van der Waals surface area contributed by atoms with Crippen LogP contribution in [0.15, 0.2) is 40.4 Å². The second-order valence-electron chi connectivity index (χ2n) is 8.89. The zero-order valence-electron chi connectivity index (χ0n) is 18.5. The van der Waals surface area contributed by atoms with Crippen molar-refractivity contribution >= 4 is 39.2 Å². The highest BCUT2D eigenvalue weighted by Gasteiger charge is 2.54. The molecule has 2 fully saturated rings. The van der Waals surface area contributed by atoms with E-state index in [1.807, 2.05) is 0 Å². The van der Waals surface area contributed by atoms with Gasteiger partial charge in [-0.25, -0.2) is 21.6 Å². The summed E-state index contributed by atoms with van der Waals surface area (Å²) in [6.45, 7) is 0. The first-order valence-electron chi connectivity index (χ1n) is 10.7. The fourth-order valence-electron chi connectivity index (χ4n) is 5.17. The zero-order chi connectivity index (χ0) is 25.5. The highest BCUT2D eigenvalue weighted by atomic mass is 35.5. The number of anilines is 1. The van der Waals surface area contributed by atoms with Crippen molar-refractivity contribution in [3.8, 4) is 0 Å². The first-order chi connectivity index (χ1) is 16.4. The van der Waals surface area contributed by atoms with E-state index >= 15 is 0 Å². The van der Waals surface area contributed by atoms with Gasteiger partial charge in [0.2, 0.25) is 0 Å². The minimum Gasteiger partial charge on any atom is -0.399 e. The smallest absolute Gasteiger partial charge is 0.255 e. The van der Waals surface area contributed by atoms with Crippen molar-refractivity contribution < 1.29 is 36.3 Å². The molecule has 2 aliphatic carbocycles. The molecule has 1 unspecified atom stereocenters. The van der Waals surface area contributed by atoms with Crippen LogP contribution in [-0.2, 0) is 14.7 Å². The number of aliphatic hydroxyl groups is 1. The Morgan fingerprint density at radius 1 is 1.17 bits per heavy atom. The number of oxime groups is 1. The van der Waals surface area contributed by atoms with E-state index in [-0.39, 0.29) is 45.8 Å². The maximum Gasteiger partial charge on any atom is 0.255 e. The van der Waals surface area contributed by atoms with Gasteiger partial charge >= 0.3 is 0 Å². The van der Waals surface area contributed by atoms with Gasteiger partial charge in [-0.15, -0.1) is 0 Å². The molecule has 12 heteroatoms. The summed E-state index contributed by atoms with van der Waals surface area (Å²) in [5.74, 6) is -6.21. The van der Waals surface area contributed by atoms with Crippen LogP contribution in [-0.4, -0.2) is 43.6 Å². The quantitative estimate of drug-likeness (QED) is 0.328.